The molecule has 3 rings (SSSR count). The fourth-order valence-corrected chi connectivity index (χ4v) is 3.37. The predicted molar refractivity (Wildman–Crippen MR) is 119 cm³/mol. The highest BCUT2D eigenvalue weighted by Crippen LogP contribution is 2.34. The second-order valence-electron chi connectivity index (χ2n) is 6.93. The van der Waals surface area contributed by atoms with E-state index in [4.69, 9.17) is 4.74 Å². The topological polar surface area (TPSA) is 90.9 Å². The minimum Gasteiger partial charge on any atom is -0.503 e. The molecule has 7 nitrogen and oxygen atoms in total. The maximum Gasteiger partial charge on any atom is 0.411 e. The van der Waals surface area contributed by atoms with Crippen LogP contribution in [0.25, 0.3) is 10.4 Å². The quantitative estimate of drug-likeness (QED) is 0.464. The first kappa shape index (κ1) is 22.3. The molecular formula is C22H22FN3O4S. The van der Waals surface area contributed by atoms with Crippen molar-refractivity contribution in [2.75, 3.05) is 37.9 Å². The number of aromatic hydroxyl groups is 1. The molecule has 0 atom stereocenters. The molecule has 0 saturated carbocycles. The van der Waals surface area contributed by atoms with Crippen molar-refractivity contribution in [2.24, 2.45) is 0 Å². The minimum absolute atomic E-state index is 0.0277. The van der Waals surface area contributed by atoms with Gasteiger partial charge in [0, 0.05) is 22.7 Å². The van der Waals surface area contributed by atoms with Crippen LogP contribution in [-0.4, -0.2) is 49.3 Å². The number of carbonyl (C=O) groups is 2. The molecule has 0 radical (unpaired) electrons. The Labute approximate surface area is 183 Å². The highest BCUT2D eigenvalue weighted by molar-refractivity contribution is 7.13. The van der Waals surface area contributed by atoms with E-state index in [2.05, 4.69) is 10.6 Å². The van der Waals surface area contributed by atoms with Gasteiger partial charge in [-0.05, 0) is 67.5 Å². The van der Waals surface area contributed by atoms with Gasteiger partial charge in [-0.25, -0.2) is 9.18 Å². The summed E-state index contributed by atoms with van der Waals surface area (Å²) >= 11 is 1.42. The van der Waals surface area contributed by atoms with Crippen LogP contribution in [-0.2, 0) is 4.74 Å². The number of phenolic OH excluding ortho intramolecular Hbond substituents is 1. The van der Waals surface area contributed by atoms with Gasteiger partial charge in [0.05, 0.1) is 5.69 Å². The van der Waals surface area contributed by atoms with Crippen molar-refractivity contribution in [3.05, 3.63) is 65.3 Å². The Hall–Kier alpha value is -3.43. The molecular weight excluding hydrogens is 421 g/mol. The first-order valence-electron chi connectivity index (χ1n) is 9.40. The van der Waals surface area contributed by atoms with Crippen molar-refractivity contribution in [3.63, 3.8) is 0 Å². The molecule has 1 aromatic heterocycles. The summed E-state index contributed by atoms with van der Waals surface area (Å²) in [7, 11) is 3.75. The lowest BCUT2D eigenvalue weighted by Gasteiger charge is -2.12. The molecule has 3 aromatic rings. The highest BCUT2D eigenvalue weighted by atomic mass is 32.1. The van der Waals surface area contributed by atoms with E-state index in [9.17, 15) is 19.1 Å². The molecule has 0 aliphatic rings. The van der Waals surface area contributed by atoms with Gasteiger partial charge in [-0.1, -0.05) is 6.07 Å². The van der Waals surface area contributed by atoms with Crippen LogP contribution in [0.1, 0.15) is 10.4 Å². The Morgan fingerprint density at radius 2 is 1.87 bits per heavy atom. The lowest BCUT2D eigenvalue weighted by Crippen LogP contribution is -2.22. The summed E-state index contributed by atoms with van der Waals surface area (Å²) in [4.78, 5) is 27.0. The van der Waals surface area contributed by atoms with Crippen molar-refractivity contribution in [2.45, 2.75) is 0 Å². The summed E-state index contributed by atoms with van der Waals surface area (Å²) in [6.45, 7) is 0.859. The molecule has 9 heteroatoms. The highest BCUT2D eigenvalue weighted by Gasteiger charge is 2.15. The number of rotatable bonds is 7. The summed E-state index contributed by atoms with van der Waals surface area (Å²) in [5.41, 5.74) is 1.25. The van der Waals surface area contributed by atoms with Crippen LogP contribution in [0, 0.1) is 5.82 Å². The molecule has 0 fully saturated rings. The minimum atomic E-state index is -0.825. The number of carbonyl (C=O) groups excluding carboxylic acids is 2. The van der Waals surface area contributed by atoms with E-state index in [-0.39, 0.29) is 17.9 Å². The summed E-state index contributed by atoms with van der Waals surface area (Å²) in [5, 5.41) is 17.0. The van der Waals surface area contributed by atoms with E-state index in [1.807, 2.05) is 36.5 Å². The standard InChI is InChI=1S/C22H22FN3O4S/c1-26(2)9-10-30-22(29)24-16-7-5-14(6-8-16)21(28)25-18-13-15(12-17(23)20(18)27)19-4-3-11-31-19/h3-8,11-13,27H,9-10H2,1-2H3,(H,24,29)(H,25,28). The zero-order valence-electron chi connectivity index (χ0n) is 17.0. The third-order valence-electron chi connectivity index (χ3n) is 4.28. The first-order valence-corrected chi connectivity index (χ1v) is 10.3. The van der Waals surface area contributed by atoms with E-state index in [0.717, 1.165) is 4.88 Å². The van der Waals surface area contributed by atoms with Crippen molar-refractivity contribution in [1.82, 2.24) is 4.90 Å². The van der Waals surface area contributed by atoms with Gasteiger partial charge in [0.2, 0.25) is 0 Å². The summed E-state index contributed by atoms with van der Waals surface area (Å²) in [6, 6.07) is 12.5. The largest absolute Gasteiger partial charge is 0.503 e. The molecule has 1 heterocycles. The molecule has 162 valence electrons. The number of hydrogen-bond acceptors (Lipinski definition) is 6. The zero-order valence-corrected chi connectivity index (χ0v) is 17.8. The number of nitrogens with one attached hydrogen (secondary N) is 2. The molecule has 2 aromatic carbocycles. The third kappa shape index (κ3) is 6.03. The Morgan fingerprint density at radius 1 is 1.13 bits per heavy atom. The molecule has 0 saturated heterocycles. The molecule has 0 aliphatic heterocycles. The van der Waals surface area contributed by atoms with Gasteiger partial charge >= 0.3 is 6.09 Å². The van der Waals surface area contributed by atoms with Crippen molar-refractivity contribution < 1.29 is 23.8 Å². The van der Waals surface area contributed by atoms with E-state index in [0.29, 0.717) is 17.8 Å². The van der Waals surface area contributed by atoms with Gasteiger partial charge in [0.1, 0.15) is 6.61 Å². The first-order chi connectivity index (χ1) is 14.8. The Kier molecular flexibility index (Phi) is 7.22. The lowest BCUT2D eigenvalue weighted by molar-refractivity contribution is 0.102. The monoisotopic (exact) mass is 443 g/mol. The number of likely N-dealkylation sites (N-methyl/N-ethyl adjacent to an activating group) is 1. The van der Waals surface area contributed by atoms with E-state index in [1.165, 1.54) is 35.6 Å². The van der Waals surface area contributed by atoms with Crippen LogP contribution in [0.15, 0.2) is 53.9 Å². The van der Waals surface area contributed by atoms with E-state index < -0.39 is 23.6 Å². The number of nitrogens with zero attached hydrogens (tertiary/aromatic N) is 1. The van der Waals surface area contributed by atoms with Crippen molar-refractivity contribution in [3.8, 4) is 16.2 Å². The number of anilines is 2. The number of phenols is 1. The molecule has 0 aliphatic carbocycles. The van der Waals surface area contributed by atoms with Crippen LogP contribution in [0.5, 0.6) is 5.75 Å². The molecule has 0 spiro atoms. The zero-order chi connectivity index (χ0) is 22.4. The van der Waals surface area contributed by atoms with Crippen LogP contribution < -0.4 is 10.6 Å². The molecule has 3 N–H and O–H groups in total. The van der Waals surface area contributed by atoms with Gasteiger partial charge in [-0.2, -0.15) is 0 Å². The van der Waals surface area contributed by atoms with Gasteiger partial charge in [-0.15, -0.1) is 11.3 Å². The fraction of sp³-hybridized carbons (Fsp3) is 0.182. The van der Waals surface area contributed by atoms with Crippen molar-refractivity contribution in [1.29, 1.82) is 0 Å². The van der Waals surface area contributed by atoms with Gasteiger partial charge in [0.25, 0.3) is 5.91 Å². The number of ether oxygens (including phenoxy) is 1. The van der Waals surface area contributed by atoms with E-state index in [1.54, 1.807) is 12.1 Å². The summed E-state index contributed by atoms with van der Waals surface area (Å²) < 4.78 is 19.2. The summed E-state index contributed by atoms with van der Waals surface area (Å²) in [5.74, 6) is -1.99. The lowest BCUT2D eigenvalue weighted by atomic mass is 10.1. The SMILES string of the molecule is CN(C)CCOC(=O)Nc1ccc(C(=O)Nc2cc(-c3cccs3)cc(F)c2O)cc1. The maximum atomic E-state index is 14.1. The Balaban J connectivity index is 1.65. The molecule has 0 unspecified atom stereocenters. The van der Waals surface area contributed by atoms with Gasteiger partial charge in [0.15, 0.2) is 11.6 Å². The smallest absolute Gasteiger partial charge is 0.411 e. The van der Waals surface area contributed by atoms with Crippen LogP contribution >= 0.6 is 11.3 Å². The average molecular weight is 444 g/mol. The Morgan fingerprint density at radius 3 is 2.52 bits per heavy atom. The Bertz CT molecular complexity index is 1050. The molecule has 31 heavy (non-hydrogen) atoms. The molecule has 0 bridgehead atoms. The van der Waals surface area contributed by atoms with Crippen molar-refractivity contribution >= 4 is 34.7 Å². The number of thiophene rings is 1. The van der Waals surface area contributed by atoms with Crippen LogP contribution in [0.3, 0.4) is 0 Å². The van der Waals surface area contributed by atoms with Crippen LogP contribution in [0.4, 0.5) is 20.6 Å². The summed E-state index contributed by atoms with van der Waals surface area (Å²) in [6.07, 6.45) is -0.593. The van der Waals surface area contributed by atoms with E-state index >= 15 is 0 Å². The van der Waals surface area contributed by atoms with Crippen LogP contribution in [0.2, 0.25) is 0 Å². The normalized spacial score (nSPS) is 10.7. The average Bonchev–Trinajstić information content (AvgIpc) is 3.26. The van der Waals surface area contributed by atoms with Gasteiger partial charge in [-0.3, -0.25) is 10.1 Å². The fourth-order valence-electron chi connectivity index (χ4n) is 2.65. The number of benzene rings is 2. The number of hydrogen-bond donors (Lipinski definition) is 3. The predicted octanol–water partition coefficient (Wildman–Crippen LogP) is 4.62. The molecule has 2 amide bonds. The second kappa shape index (κ2) is 10.1. The second-order valence-corrected chi connectivity index (χ2v) is 7.87. The number of amides is 2. The maximum absolute atomic E-state index is 14.1. The number of halogens is 1. The third-order valence-corrected chi connectivity index (χ3v) is 5.20. The van der Waals surface area contributed by atoms with Gasteiger partial charge < -0.3 is 20.1 Å².